The highest BCUT2D eigenvalue weighted by Crippen LogP contribution is 2.10. The Kier molecular flexibility index (Phi) is 5.83. The maximum Gasteiger partial charge on any atom is 0.347 e. The van der Waals surface area contributed by atoms with Gasteiger partial charge in [-0.3, -0.25) is 14.2 Å². The highest BCUT2D eigenvalue weighted by atomic mass is 16.2. The van der Waals surface area contributed by atoms with E-state index in [9.17, 15) is 14.4 Å². The first-order chi connectivity index (χ1) is 11.5. The molecule has 2 rings (SSSR count). The molecule has 2 amide bonds. The van der Waals surface area contributed by atoms with E-state index in [0.717, 1.165) is 5.56 Å². The van der Waals surface area contributed by atoms with Crippen molar-refractivity contribution in [1.82, 2.24) is 14.9 Å². The van der Waals surface area contributed by atoms with Crippen LogP contribution < -0.4 is 16.3 Å². The summed E-state index contributed by atoms with van der Waals surface area (Å²) >= 11 is 0. The lowest BCUT2D eigenvalue weighted by Gasteiger charge is -2.09. The monoisotopic (exact) mass is 328 g/mol. The lowest BCUT2D eigenvalue weighted by atomic mass is 10.1. The van der Waals surface area contributed by atoms with E-state index in [-0.39, 0.29) is 24.3 Å². The summed E-state index contributed by atoms with van der Waals surface area (Å²) in [6.07, 6.45) is 2.90. The van der Waals surface area contributed by atoms with Gasteiger partial charge in [0.25, 0.3) is 0 Å². The Balaban J connectivity index is 1.86. The minimum Gasteiger partial charge on any atom is -0.350 e. The quantitative estimate of drug-likeness (QED) is 0.832. The van der Waals surface area contributed by atoms with Gasteiger partial charge in [0.1, 0.15) is 6.54 Å². The van der Waals surface area contributed by atoms with Gasteiger partial charge in [0.05, 0.1) is 0 Å². The van der Waals surface area contributed by atoms with Gasteiger partial charge >= 0.3 is 5.69 Å². The van der Waals surface area contributed by atoms with Crippen LogP contribution in [-0.2, 0) is 22.7 Å². The highest BCUT2D eigenvalue weighted by Gasteiger charge is 2.07. The molecule has 0 aliphatic heterocycles. The van der Waals surface area contributed by atoms with Gasteiger partial charge in [-0.1, -0.05) is 26.0 Å². The summed E-state index contributed by atoms with van der Waals surface area (Å²) in [7, 11) is 0. The first-order valence-corrected chi connectivity index (χ1v) is 7.63. The van der Waals surface area contributed by atoms with E-state index >= 15 is 0 Å². The van der Waals surface area contributed by atoms with Crippen LogP contribution in [0.15, 0.2) is 47.5 Å². The second-order valence-corrected chi connectivity index (χ2v) is 5.65. The van der Waals surface area contributed by atoms with Crippen molar-refractivity contribution in [2.75, 3.05) is 5.32 Å². The molecule has 0 unspecified atom stereocenters. The Labute approximate surface area is 139 Å². The Bertz CT molecular complexity index is 766. The summed E-state index contributed by atoms with van der Waals surface area (Å²) in [4.78, 5) is 38.5. The van der Waals surface area contributed by atoms with Crippen LogP contribution in [0.1, 0.15) is 19.4 Å². The summed E-state index contributed by atoms with van der Waals surface area (Å²) in [5.74, 6) is -0.403. The molecule has 1 aromatic heterocycles. The van der Waals surface area contributed by atoms with Crippen molar-refractivity contribution in [3.05, 3.63) is 58.8 Å². The summed E-state index contributed by atoms with van der Waals surface area (Å²) in [6, 6.07) is 8.82. The number of amides is 2. The van der Waals surface area contributed by atoms with Crippen molar-refractivity contribution >= 4 is 17.5 Å². The van der Waals surface area contributed by atoms with Gasteiger partial charge in [-0.25, -0.2) is 9.78 Å². The van der Waals surface area contributed by atoms with E-state index in [4.69, 9.17) is 0 Å². The Morgan fingerprint density at radius 1 is 1.21 bits per heavy atom. The Hall–Kier alpha value is -2.96. The van der Waals surface area contributed by atoms with Crippen LogP contribution in [0.3, 0.4) is 0 Å². The minimum absolute atomic E-state index is 0.0436. The number of rotatable bonds is 6. The van der Waals surface area contributed by atoms with E-state index in [0.29, 0.717) is 12.2 Å². The molecular formula is C17H20N4O3. The minimum atomic E-state index is -0.460. The van der Waals surface area contributed by atoms with Crippen LogP contribution in [0, 0.1) is 5.92 Å². The number of carbonyl (C=O) groups excluding carboxylic acids is 2. The molecule has 7 nitrogen and oxygen atoms in total. The average molecular weight is 328 g/mol. The van der Waals surface area contributed by atoms with E-state index in [1.54, 1.807) is 18.2 Å². The van der Waals surface area contributed by atoms with E-state index in [2.05, 4.69) is 15.6 Å². The van der Waals surface area contributed by atoms with Crippen molar-refractivity contribution in [2.24, 2.45) is 5.92 Å². The van der Waals surface area contributed by atoms with Crippen LogP contribution in [-0.4, -0.2) is 21.4 Å². The van der Waals surface area contributed by atoms with Crippen molar-refractivity contribution in [1.29, 1.82) is 0 Å². The fourth-order valence-electron chi connectivity index (χ4n) is 1.91. The smallest absolute Gasteiger partial charge is 0.347 e. The summed E-state index contributed by atoms with van der Waals surface area (Å²) in [6.45, 7) is 3.92. The molecule has 2 aromatic rings. The van der Waals surface area contributed by atoms with Gasteiger partial charge in [-0.05, 0) is 23.8 Å². The first kappa shape index (κ1) is 17.4. The Morgan fingerprint density at radius 3 is 2.54 bits per heavy atom. The third-order valence-corrected chi connectivity index (χ3v) is 3.33. The zero-order chi connectivity index (χ0) is 17.5. The highest BCUT2D eigenvalue weighted by molar-refractivity contribution is 5.92. The number of hydrogen-bond donors (Lipinski definition) is 2. The molecule has 0 saturated carbocycles. The molecule has 0 atom stereocenters. The number of hydrogen-bond acceptors (Lipinski definition) is 4. The molecule has 2 N–H and O–H groups in total. The van der Waals surface area contributed by atoms with E-state index in [1.165, 1.54) is 17.0 Å². The number of benzene rings is 1. The summed E-state index contributed by atoms with van der Waals surface area (Å²) < 4.78 is 1.24. The van der Waals surface area contributed by atoms with Crippen LogP contribution in [0.2, 0.25) is 0 Å². The first-order valence-electron chi connectivity index (χ1n) is 7.63. The number of nitrogens with one attached hydrogen (secondary N) is 2. The molecule has 0 saturated heterocycles. The topological polar surface area (TPSA) is 93.1 Å². The van der Waals surface area contributed by atoms with Crippen molar-refractivity contribution in [3.8, 4) is 0 Å². The molecule has 0 radical (unpaired) electrons. The van der Waals surface area contributed by atoms with Crippen molar-refractivity contribution in [3.63, 3.8) is 0 Å². The molecule has 0 spiro atoms. The third-order valence-electron chi connectivity index (χ3n) is 3.33. The van der Waals surface area contributed by atoms with E-state index < -0.39 is 5.69 Å². The molecule has 126 valence electrons. The summed E-state index contributed by atoms with van der Waals surface area (Å²) in [5, 5.41) is 5.54. The fourth-order valence-corrected chi connectivity index (χ4v) is 1.91. The lowest BCUT2D eigenvalue weighted by molar-refractivity contribution is -0.122. The largest absolute Gasteiger partial charge is 0.350 e. The van der Waals surface area contributed by atoms with Crippen molar-refractivity contribution < 1.29 is 9.59 Å². The molecule has 24 heavy (non-hydrogen) atoms. The van der Waals surface area contributed by atoms with E-state index in [1.807, 2.05) is 26.0 Å². The van der Waals surface area contributed by atoms with Gasteiger partial charge in [-0.15, -0.1) is 0 Å². The fraction of sp³-hybridized carbons (Fsp3) is 0.294. The third kappa shape index (κ3) is 5.05. The van der Waals surface area contributed by atoms with Crippen LogP contribution in [0.4, 0.5) is 5.69 Å². The van der Waals surface area contributed by atoms with Gasteiger partial charge in [-0.2, -0.15) is 0 Å². The predicted molar refractivity (Wildman–Crippen MR) is 90.3 cm³/mol. The maximum atomic E-state index is 11.9. The zero-order valence-electron chi connectivity index (χ0n) is 13.7. The van der Waals surface area contributed by atoms with Crippen LogP contribution in [0.25, 0.3) is 0 Å². The van der Waals surface area contributed by atoms with Crippen LogP contribution in [0.5, 0.6) is 0 Å². The van der Waals surface area contributed by atoms with Gasteiger partial charge in [0.15, 0.2) is 0 Å². The van der Waals surface area contributed by atoms with Gasteiger partial charge in [0.2, 0.25) is 11.8 Å². The number of aromatic nitrogens is 2. The van der Waals surface area contributed by atoms with Crippen molar-refractivity contribution in [2.45, 2.75) is 26.9 Å². The Morgan fingerprint density at radius 2 is 1.92 bits per heavy atom. The average Bonchev–Trinajstić information content (AvgIpc) is 2.56. The number of carbonyl (C=O) groups is 2. The van der Waals surface area contributed by atoms with Gasteiger partial charge < -0.3 is 10.6 Å². The summed E-state index contributed by atoms with van der Waals surface area (Å²) in [5.41, 5.74) is 1.15. The molecule has 0 aliphatic carbocycles. The standard InChI is InChI=1S/C17H20N4O3/c1-12(2)16(23)20-14-6-4-13(5-7-14)10-19-15(22)11-21-9-3-8-18-17(21)24/h3-9,12H,10-11H2,1-2H3,(H,19,22)(H,20,23). The molecular weight excluding hydrogens is 308 g/mol. The maximum absolute atomic E-state index is 11.9. The number of anilines is 1. The number of nitrogens with zero attached hydrogens (tertiary/aromatic N) is 2. The second-order valence-electron chi connectivity index (χ2n) is 5.65. The molecule has 7 heteroatoms. The molecule has 0 fully saturated rings. The molecule has 0 bridgehead atoms. The lowest BCUT2D eigenvalue weighted by Crippen LogP contribution is -2.32. The molecule has 1 heterocycles. The normalized spacial score (nSPS) is 10.5. The van der Waals surface area contributed by atoms with Crippen LogP contribution >= 0.6 is 0 Å². The second kappa shape index (κ2) is 8.05. The predicted octanol–water partition coefficient (Wildman–Crippen LogP) is 1.15. The van der Waals surface area contributed by atoms with Gasteiger partial charge in [0, 0.05) is 30.5 Å². The SMILES string of the molecule is CC(C)C(=O)Nc1ccc(CNC(=O)Cn2cccnc2=O)cc1. The zero-order valence-corrected chi connectivity index (χ0v) is 13.7. The molecule has 0 aliphatic rings. The molecule has 1 aromatic carbocycles.